The lowest BCUT2D eigenvalue weighted by Crippen LogP contribution is -2.38. The third kappa shape index (κ3) is 5.60. The van der Waals surface area contributed by atoms with Gasteiger partial charge in [0.25, 0.3) is 0 Å². The highest BCUT2D eigenvalue weighted by atomic mass is 32.1. The molecule has 2 nitrogen and oxygen atoms in total. The van der Waals surface area contributed by atoms with E-state index in [0.717, 1.165) is 11.7 Å². The molecule has 0 aliphatic rings. The molecule has 1 aromatic rings. The number of hydrogen-bond acceptors (Lipinski definition) is 1. The van der Waals surface area contributed by atoms with E-state index in [0.29, 0.717) is 11.8 Å². The minimum absolute atomic E-state index is 0.230. The number of hydrogen-bond donors (Lipinski definition) is 2. The fourth-order valence-electron chi connectivity index (χ4n) is 1.80. The summed E-state index contributed by atoms with van der Waals surface area (Å²) in [6.07, 6.45) is 0. The van der Waals surface area contributed by atoms with Crippen LogP contribution in [0.5, 0.6) is 0 Å². The van der Waals surface area contributed by atoms with Crippen LogP contribution < -0.4 is 10.6 Å². The minimum atomic E-state index is 0.230. The number of benzene rings is 1. The van der Waals surface area contributed by atoms with Crippen molar-refractivity contribution in [2.24, 2.45) is 5.92 Å². The van der Waals surface area contributed by atoms with E-state index in [-0.39, 0.29) is 6.04 Å². The Labute approximate surface area is 123 Å². The summed E-state index contributed by atoms with van der Waals surface area (Å²) in [6.45, 7) is 11.8. The second kappa shape index (κ2) is 7.49. The van der Waals surface area contributed by atoms with Crippen molar-refractivity contribution in [2.75, 3.05) is 6.54 Å². The fourth-order valence-corrected chi connectivity index (χ4v) is 2.06. The predicted octanol–water partition coefficient (Wildman–Crippen LogP) is 3.99. The normalized spacial score (nSPS) is 12.6. The topological polar surface area (TPSA) is 24.1 Å². The van der Waals surface area contributed by atoms with Crippen molar-refractivity contribution in [1.29, 1.82) is 0 Å². The molecule has 3 heteroatoms. The molecule has 0 aliphatic carbocycles. The molecular formula is C16H26N2S. The minimum Gasteiger partial charge on any atom is -0.362 e. The Hall–Kier alpha value is -1.09. The highest BCUT2D eigenvalue weighted by Gasteiger charge is 2.07. The fraction of sp³-hybridized carbons (Fsp3) is 0.562. The zero-order valence-electron chi connectivity index (χ0n) is 12.7. The van der Waals surface area contributed by atoms with Gasteiger partial charge in [0.15, 0.2) is 5.11 Å². The number of nitrogens with one attached hydrogen (secondary N) is 2. The summed E-state index contributed by atoms with van der Waals surface area (Å²) in [7, 11) is 0. The van der Waals surface area contributed by atoms with Crippen molar-refractivity contribution in [2.45, 2.75) is 46.6 Å². The molecule has 0 saturated carbocycles. The van der Waals surface area contributed by atoms with Gasteiger partial charge in [-0.3, -0.25) is 0 Å². The van der Waals surface area contributed by atoms with Crippen LogP contribution in [0.15, 0.2) is 24.3 Å². The lowest BCUT2D eigenvalue weighted by molar-refractivity contribution is 0.609. The SMILES string of the molecule is CC(C)CNC(=S)NC(C)c1ccc(C(C)C)cc1. The van der Waals surface area contributed by atoms with Gasteiger partial charge in [-0.2, -0.15) is 0 Å². The largest absolute Gasteiger partial charge is 0.362 e. The van der Waals surface area contributed by atoms with Crippen LogP contribution in [0.1, 0.15) is 57.7 Å². The maximum absolute atomic E-state index is 5.29. The van der Waals surface area contributed by atoms with Gasteiger partial charge in [-0.05, 0) is 42.1 Å². The molecule has 0 fully saturated rings. The second-order valence-corrected chi connectivity index (χ2v) is 6.20. The van der Waals surface area contributed by atoms with E-state index in [9.17, 15) is 0 Å². The van der Waals surface area contributed by atoms with Crippen molar-refractivity contribution in [3.63, 3.8) is 0 Å². The highest BCUT2D eigenvalue weighted by Crippen LogP contribution is 2.18. The summed E-state index contributed by atoms with van der Waals surface area (Å²) >= 11 is 5.29. The maximum atomic E-state index is 5.29. The van der Waals surface area contributed by atoms with Crippen LogP contribution in [0.25, 0.3) is 0 Å². The zero-order chi connectivity index (χ0) is 14.4. The van der Waals surface area contributed by atoms with Gasteiger partial charge in [0.2, 0.25) is 0 Å². The first-order valence-corrected chi connectivity index (χ1v) is 7.45. The highest BCUT2D eigenvalue weighted by molar-refractivity contribution is 7.80. The van der Waals surface area contributed by atoms with E-state index in [1.165, 1.54) is 11.1 Å². The third-order valence-corrected chi connectivity index (χ3v) is 3.38. The van der Waals surface area contributed by atoms with Gasteiger partial charge < -0.3 is 10.6 Å². The van der Waals surface area contributed by atoms with Crippen molar-refractivity contribution in [1.82, 2.24) is 10.6 Å². The molecule has 1 atom stereocenters. The molecule has 0 amide bonds. The first-order valence-electron chi connectivity index (χ1n) is 7.04. The van der Waals surface area contributed by atoms with Crippen molar-refractivity contribution >= 4 is 17.3 Å². The molecule has 19 heavy (non-hydrogen) atoms. The second-order valence-electron chi connectivity index (χ2n) is 5.79. The van der Waals surface area contributed by atoms with E-state index in [2.05, 4.69) is 69.5 Å². The molecule has 1 aromatic carbocycles. The maximum Gasteiger partial charge on any atom is 0.166 e. The van der Waals surface area contributed by atoms with Crippen LogP contribution in [0.4, 0.5) is 0 Å². The van der Waals surface area contributed by atoms with E-state index in [1.807, 2.05) is 0 Å². The van der Waals surface area contributed by atoms with Crippen molar-refractivity contribution in [3.05, 3.63) is 35.4 Å². The van der Waals surface area contributed by atoms with Crippen LogP contribution in [-0.4, -0.2) is 11.7 Å². The van der Waals surface area contributed by atoms with Crippen LogP contribution >= 0.6 is 12.2 Å². The molecule has 0 heterocycles. The summed E-state index contributed by atoms with van der Waals surface area (Å²) in [5.74, 6) is 1.17. The molecule has 2 N–H and O–H groups in total. The average molecular weight is 278 g/mol. The van der Waals surface area contributed by atoms with Gasteiger partial charge in [-0.1, -0.05) is 52.0 Å². The molecule has 0 bridgehead atoms. The molecule has 106 valence electrons. The molecule has 0 spiro atoms. The lowest BCUT2D eigenvalue weighted by Gasteiger charge is -2.18. The van der Waals surface area contributed by atoms with Gasteiger partial charge in [-0.25, -0.2) is 0 Å². The lowest BCUT2D eigenvalue weighted by atomic mass is 10.00. The Morgan fingerprint density at radius 1 is 1.00 bits per heavy atom. The van der Waals surface area contributed by atoms with Crippen LogP contribution in [0, 0.1) is 5.92 Å². The van der Waals surface area contributed by atoms with Crippen LogP contribution in [0.2, 0.25) is 0 Å². The summed E-state index contributed by atoms with van der Waals surface area (Å²) in [5, 5.41) is 7.28. The molecule has 1 unspecified atom stereocenters. The Morgan fingerprint density at radius 3 is 2.00 bits per heavy atom. The van der Waals surface area contributed by atoms with Gasteiger partial charge >= 0.3 is 0 Å². The summed E-state index contributed by atoms with van der Waals surface area (Å²) < 4.78 is 0. The van der Waals surface area contributed by atoms with Crippen LogP contribution in [0.3, 0.4) is 0 Å². The van der Waals surface area contributed by atoms with E-state index in [4.69, 9.17) is 12.2 Å². The number of rotatable bonds is 5. The molecular weight excluding hydrogens is 252 g/mol. The molecule has 0 saturated heterocycles. The summed E-state index contributed by atoms with van der Waals surface area (Å²) in [6, 6.07) is 8.98. The standard InChI is InChI=1S/C16H26N2S/c1-11(2)10-17-16(19)18-13(5)15-8-6-14(7-9-15)12(3)4/h6-9,11-13H,10H2,1-5H3,(H2,17,18,19). The van der Waals surface area contributed by atoms with Gasteiger partial charge in [0.05, 0.1) is 6.04 Å². The third-order valence-electron chi connectivity index (χ3n) is 3.12. The smallest absolute Gasteiger partial charge is 0.166 e. The molecule has 0 aromatic heterocycles. The Balaban J connectivity index is 2.53. The van der Waals surface area contributed by atoms with Crippen LogP contribution in [-0.2, 0) is 0 Å². The van der Waals surface area contributed by atoms with E-state index in [1.54, 1.807) is 0 Å². The van der Waals surface area contributed by atoms with E-state index >= 15 is 0 Å². The van der Waals surface area contributed by atoms with Gasteiger partial charge in [0, 0.05) is 6.54 Å². The van der Waals surface area contributed by atoms with Gasteiger partial charge in [0.1, 0.15) is 0 Å². The monoisotopic (exact) mass is 278 g/mol. The van der Waals surface area contributed by atoms with Crippen molar-refractivity contribution < 1.29 is 0 Å². The quantitative estimate of drug-likeness (QED) is 0.796. The summed E-state index contributed by atoms with van der Waals surface area (Å²) in [4.78, 5) is 0. The molecule has 1 rings (SSSR count). The molecule has 0 aliphatic heterocycles. The predicted molar refractivity (Wildman–Crippen MR) is 87.5 cm³/mol. The van der Waals surface area contributed by atoms with E-state index < -0.39 is 0 Å². The van der Waals surface area contributed by atoms with Gasteiger partial charge in [-0.15, -0.1) is 0 Å². The molecule has 0 radical (unpaired) electrons. The zero-order valence-corrected chi connectivity index (χ0v) is 13.5. The first-order chi connectivity index (χ1) is 8.90. The Morgan fingerprint density at radius 2 is 1.53 bits per heavy atom. The Kier molecular flexibility index (Phi) is 6.29. The summed E-state index contributed by atoms with van der Waals surface area (Å²) in [5.41, 5.74) is 2.63. The average Bonchev–Trinajstić information content (AvgIpc) is 2.36. The first kappa shape index (κ1) is 16.0. The van der Waals surface area contributed by atoms with Crippen molar-refractivity contribution in [3.8, 4) is 0 Å². The Bertz CT molecular complexity index is 396. The number of thiocarbonyl (C=S) groups is 1.